The van der Waals surface area contributed by atoms with Crippen molar-refractivity contribution in [2.75, 3.05) is 32.8 Å². The van der Waals surface area contributed by atoms with Crippen LogP contribution in [-0.2, 0) is 6.42 Å². The van der Waals surface area contributed by atoms with Gasteiger partial charge in [-0.1, -0.05) is 26.0 Å². The van der Waals surface area contributed by atoms with Crippen LogP contribution in [0.15, 0.2) is 24.3 Å². The van der Waals surface area contributed by atoms with Gasteiger partial charge in [-0.3, -0.25) is 4.90 Å². The van der Waals surface area contributed by atoms with E-state index in [-0.39, 0.29) is 24.8 Å². The van der Waals surface area contributed by atoms with E-state index < -0.39 is 0 Å². The van der Waals surface area contributed by atoms with Crippen LogP contribution in [0.2, 0.25) is 0 Å². The van der Waals surface area contributed by atoms with Gasteiger partial charge in [0.05, 0.1) is 0 Å². The lowest BCUT2D eigenvalue weighted by molar-refractivity contribution is 0.232. The Labute approximate surface area is 141 Å². The Morgan fingerprint density at radius 1 is 1.10 bits per heavy atom. The molecule has 0 bridgehead atoms. The van der Waals surface area contributed by atoms with Gasteiger partial charge in [0, 0.05) is 19.6 Å². The Morgan fingerprint density at radius 2 is 1.67 bits per heavy atom. The van der Waals surface area contributed by atoms with E-state index in [0.717, 1.165) is 37.2 Å². The molecule has 1 aromatic carbocycles. The number of rotatable bonds is 6. The molecule has 1 heterocycles. The number of hydrogen-bond donors (Lipinski definition) is 1. The van der Waals surface area contributed by atoms with Crippen molar-refractivity contribution in [2.45, 2.75) is 20.3 Å². The summed E-state index contributed by atoms with van der Waals surface area (Å²) in [6.45, 7) is 9.59. The van der Waals surface area contributed by atoms with Gasteiger partial charge in [0.2, 0.25) is 0 Å². The van der Waals surface area contributed by atoms with Gasteiger partial charge in [-0.25, -0.2) is 0 Å². The molecule has 0 aliphatic carbocycles. The van der Waals surface area contributed by atoms with Crippen LogP contribution in [0.25, 0.3) is 0 Å². The zero-order chi connectivity index (χ0) is 13.7. The first kappa shape index (κ1) is 20.5. The number of nitrogens with zero attached hydrogens (tertiary/aromatic N) is 1. The Hall–Kier alpha value is -0.480. The van der Waals surface area contributed by atoms with E-state index in [1.807, 2.05) is 12.1 Å². The number of likely N-dealkylation sites (tertiary alicyclic amines) is 1. The summed E-state index contributed by atoms with van der Waals surface area (Å²) in [6.07, 6.45) is 0.934. The third-order valence-corrected chi connectivity index (χ3v) is 4.10. The number of hydrogen-bond acceptors (Lipinski definition) is 3. The van der Waals surface area contributed by atoms with Crippen LogP contribution in [0.4, 0.5) is 0 Å². The fourth-order valence-corrected chi connectivity index (χ4v) is 2.64. The zero-order valence-corrected chi connectivity index (χ0v) is 14.6. The number of halogens is 2. The number of benzene rings is 1. The van der Waals surface area contributed by atoms with Crippen molar-refractivity contribution in [1.82, 2.24) is 4.90 Å². The molecule has 0 amide bonds. The summed E-state index contributed by atoms with van der Waals surface area (Å²) < 4.78 is 5.80. The van der Waals surface area contributed by atoms with Crippen LogP contribution in [0.5, 0.6) is 5.75 Å². The first-order chi connectivity index (χ1) is 9.19. The summed E-state index contributed by atoms with van der Waals surface area (Å²) in [5.41, 5.74) is 6.81. The molecule has 2 atom stereocenters. The van der Waals surface area contributed by atoms with Gasteiger partial charge in [-0.05, 0) is 42.5 Å². The maximum Gasteiger partial charge on any atom is 0.119 e. The van der Waals surface area contributed by atoms with Crippen molar-refractivity contribution >= 4 is 24.8 Å². The Bertz CT molecular complexity index is 376. The van der Waals surface area contributed by atoms with Crippen LogP contribution < -0.4 is 10.5 Å². The predicted molar refractivity (Wildman–Crippen MR) is 94.0 cm³/mol. The third-order valence-electron chi connectivity index (χ3n) is 4.10. The molecule has 1 fully saturated rings. The van der Waals surface area contributed by atoms with Crippen molar-refractivity contribution in [3.63, 3.8) is 0 Å². The molecule has 5 heteroatoms. The monoisotopic (exact) mass is 334 g/mol. The lowest BCUT2D eigenvalue weighted by Gasteiger charge is -2.15. The van der Waals surface area contributed by atoms with Crippen molar-refractivity contribution in [3.8, 4) is 5.75 Å². The molecule has 0 spiro atoms. The fraction of sp³-hybridized carbons (Fsp3) is 0.625. The lowest BCUT2D eigenvalue weighted by Crippen LogP contribution is -2.26. The van der Waals surface area contributed by atoms with Gasteiger partial charge >= 0.3 is 0 Å². The molecule has 3 nitrogen and oxygen atoms in total. The second-order valence-electron chi connectivity index (χ2n) is 5.75. The maximum atomic E-state index is 5.80. The molecule has 2 N–H and O–H groups in total. The normalized spacial score (nSPS) is 21.5. The average Bonchev–Trinajstić information content (AvgIpc) is 2.71. The van der Waals surface area contributed by atoms with Crippen LogP contribution >= 0.6 is 24.8 Å². The topological polar surface area (TPSA) is 38.5 Å². The minimum Gasteiger partial charge on any atom is -0.492 e. The average molecular weight is 335 g/mol. The fourth-order valence-electron chi connectivity index (χ4n) is 2.64. The maximum absolute atomic E-state index is 5.80. The van der Waals surface area contributed by atoms with Crippen molar-refractivity contribution < 1.29 is 4.74 Å². The molecule has 122 valence electrons. The second-order valence-corrected chi connectivity index (χ2v) is 5.75. The molecule has 21 heavy (non-hydrogen) atoms. The van der Waals surface area contributed by atoms with E-state index in [4.69, 9.17) is 10.5 Å². The van der Waals surface area contributed by atoms with E-state index in [0.29, 0.717) is 6.54 Å². The highest BCUT2D eigenvalue weighted by atomic mass is 35.5. The minimum absolute atomic E-state index is 0. The van der Waals surface area contributed by atoms with Crippen LogP contribution in [0, 0.1) is 11.8 Å². The molecular weight excluding hydrogens is 307 g/mol. The van der Waals surface area contributed by atoms with Crippen LogP contribution in [0.3, 0.4) is 0 Å². The van der Waals surface area contributed by atoms with Gasteiger partial charge in [-0.2, -0.15) is 0 Å². The first-order valence-corrected chi connectivity index (χ1v) is 7.33. The molecule has 0 saturated carbocycles. The second kappa shape index (κ2) is 10.3. The summed E-state index contributed by atoms with van der Waals surface area (Å²) in [5.74, 6) is 2.59. The summed E-state index contributed by atoms with van der Waals surface area (Å²) >= 11 is 0. The van der Waals surface area contributed by atoms with E-state index in [9.17, 15) is 0 Å². The minimum atomic E-state index is 0. The quantitative estimate of drug-likeness (QED) is 0.869. The molecule has 1 aromatic rings. The molecule has 1 aliphatic rings. The summed E-state index contributed by atoms with van der Waals surface area (Å²) in [5, 5.41) is 0. The summed E-state index contributed by atoms with van der Waals surface area (Å²) in [4.78, 5) is 2.50. The molecule has 1 saturated heterocycles. The van der Waals surface area contributed by atoms with Gasteiger partial charge in [0.1, 0.15) is 12.4 Å². The molecule has 0 radical (unpaired) electrons. The molecule has 2 unspecified atom stereocenters. The predicted octanol–water partition coefficient (Wildman–Crippen LogP) is 3.00. The smallest absolute Gasteiger partial charge is 0.119 e. The van der Waals surface area contributed by atoms with Crippen molar-refractivity contribution in [2.24, 2.45) is 17.6 Å². The SMILES string of the molecule is CC1CN(CCOc2ccc(CCN)cc2)CC1C.Cl.Cl. The van der Waals surface area contributed by atoms with E-state index in [2.05, 4.69) is 30.9 Å². The van der Waals surface area contributed by atoms with Crippen molar-refractivity contribution in [3.05, 3.63) is 29.8 Å². The number of ether oxygens (including phenoxy) is 1. The van der Waals surface area contributed by atoms with Gasteiger partial charge in [0.25, 0.3) is 0 Å². The summed E-state index contributed by atoms with van der Waals surface area (Å²) in [6, 6.07) is 8.28. The highest BCUT2D eigenvalue weighted by Crippen LogP contribution is 2.21. The number of nitrogens with two attached hydrogens (primary N) is 1. The molecular formula is C16H28Cl2N2O. The van der Waals surface area contributed by atoms with E-state index in [1.54, 1.807) is 0 Å². The highest BCUT2D eigenvalue weighted by molar-refractivity contribution is 5.85. The van der Waals surface area contributed by atoms with Crippen molar-refractivity contribution in [1.29, 1.82) is 0 Å². The molecule has 1 aliphatic heterocycles. The van der Waals surface area contributed by atoms with E-state index >= 15 is 0 Å². The summed E-state index contributed by atoms with van der Waals surface area (Å²) in [7, 11) is 0. The Morgan fingerprint density at radius 3 is 2.19 bits per heavy atom. The standard InChI is InChI=1S/C16H26N2O.2ClH/c1-13-11-18(12-14(13)2)9-10-19-16-5-3-15(4-6-16)7-8-17;;/h3-6,13-14H,7-12,17H2,1-2H3;2*1H. The third kappa shape index (κ3) is 6.43. The van der Waals surface area contributed by atoms with Gasteiger partial charge < -0.3 is 10.5 Å². The Kier molecular flexibility index (Phi) is 10.0. The van der Waals surface area contributed by atoms with Crippen LogP contribution in [-0.4, -0.2) is 37.7 Å². The van der Waals surface area contributed by atoms with Gasteiger partial charge in [0.15, 0.2) is 0 Å². The lowest BCUT2D eigenvalue weighted by atomic mass is 10.0. The first-order valence-electron chi connectivity index (χ1n) is 7.33. The zero-order valence-electron chi connectivity index (χ0n) is 13.0. The molecule has 0 aromatic heterocycles. The Balaban J connectivity index is 0.00000200. The molecule has 2 rings (SSSR count). The van der Waals surface area contributed by atoms with Crippen LogP contribution in [0.1, 0.15) is 19.4 Å². The van der Waals surface area contributed by atoms with E-state index in [1.165, 1.54) is 18.7 Å². The largest absolute Gasteiger partial charge is 0.492 e. The highest BCUT2D eigenvalue weighted by Gasteiger charge is 2.25. The van der Waals surface area contributed by atoms with Gasteiger partial charge in [-0.15, -0.1) is 24.8 Å².